The first-order valence-electron chi connectivity index (χ1n) is 4.13. The zero-order valence-electron chi connectivity index (χ0n) is 7.81. The molecular weight excluding hydrogens is 272 g/mol. The Morgan fingerprint density at radius 1 is 1.47 bits per heavy atom. The summed E-state index contributed by atoms with van der Waals surface area (Å²) in [6.07, 6.45) is -0.821. The lowest BCUT2D eigenvalue weighted by molar-refractivity contribution is 0.168. The molecule has 0 aromatic heterocycles. The van der Waals surface area contributed by atoms with Gasteiger partial charge in [-0.2, -0.15) is 0 Å². The minimum absolute atomic E-state index is 0.00518. The van der Waals surface area contributed by atoms with Crippen LogP contribution in [0.25, 0.3) is 0 Å². The van der Waals surface area contributed by atoms with Crippen molar-refractivity contribution in [3.63, 3.8) is 0 Å². The second kappa shape index (κ2) is 5.06. The van der Waals surface area contributed by atoms with Crippen molar-refractivity contribution in [3.8, 4) is 0 Å². The molecule has 0 spiro atoms. The molecule has 82 valence electrons. The molecular formula is C9H8BrF2NO2. The van der Waals surface area contributed by atoms with E-state index < -0.39 is 17.7 Å². The van der Waals surface area contributed by atoms with Crippen LogP contribution in [0.1, 0.15) is 6.92 Å². The number of benzene rings is 1. The van der Waals surface area contributed by atoms with E-state index >= 15 is 0 Å². The average Bonchev–Trinajstić information content (AvgIpc) is 2.14. The molecule has 0 aliphatic heterocycles. The highest BCUT2D eigenvalue weighted by Gasteiger charge is 2.11. The Morgan fingerprint density at radius 2 is 2.13 bits per heavy atom. The smallest absolute Gasteiger partial charge is 0.411 e. The van der Waals surface area contributed by atoms with Gasteiger partial charge in [0.15, 0.2) is 0 Å². The molecule has 0 bridgehead atoms. The standard InChI is InChI=1S/C9H8BrF2NO2/c1-2-15-9(14)13-8-4-6(11)5(10)3-7(8)12/h3-4H,2H2,1H3,(H,13,14). The quantitative estimate of drug-likeness (QED) is 0.844. The Morgan fingerprint density at radius 3 is 2.73 bits per heavy atom. The van der Waals surface area contributed by atoms with Crippen LogP contribution in [-0.4, -0.2) is 12.7 Å². The highest BCUT2D eigenvalue weighted by molar-refractivity contribution is 9.10. The van der Waals surface area contributed by atoms with Gasteiger partial charge in [0, 0.05) is 6.07 Å². The van der Waals surface area contributed by atoms with Crippen LogP contribution >= 0.6 is 15.9 Å². The van der Waals surface area contributed by atoms with Crippen molar-refractivity contribution in [1.82, 2.24) is 0 Å². The Hall–Kier alpha value is -1.17. The van der Waals surface area contributed by atoms with Gasteiger partial charge in [-0.1, -0.05) is 0 Å². The van der Waals surface area contributed by atoms with Gasteiger partial charge in [0.25, 0.3) is 0 Å². The summed E-state index contributed by atoms with van der Waals surface area (Å²) in [6.45, 7) is 1.77. The lowest BCUT2D eigenvalue weighted by Crippen LogP contribution is -2.14. The topological polar surface area (TPSA) is 38.3 Å². The van der Waals surface area contributed by atoms with Crippen LogP contribution in [0.4, 0.5) is 19.3 Å². The minimum atomic E-state index is -0.821. The number of rotatable bonds is 2. The summed E-state index contributed by atoms with van der Waals surface area (Å²) in [5.74, 6) is -1.40. The van der Waals surface area contributed by atoms with Gasteiger partial charge in [-0.25, -0.2) is 13.6 Å². The SMILES string of the molecule is CCOC(=O)Nc1cc(F)c(Br)cc1F. The maximum absolute atomic E-state index is 13.2. The van der Waals surface area contributed by atoms with Crippen LogP contribution < -0.4 is 5.32 Å². The molecule has 1 amide bonds. The maximum Gasteiger partial charge on any atom is 0.411 e. The van der Waals surface area contributed by atoms with Gasteiger partial charge in [-0.15, -0.1) is 0 Å². The van der Waals surface area contributed by atoms with Crippen molar-refractivity contribution < 1.29 is 18.3 Å². The van der Waals surface area contributed by atoms with Gasteiger partial charge in [-0.05, 0) is 28.9 Å². The first-order valence-corrected chi connectivity index (χ1v) is 4.92. The third kappa shape index (κ3) is 3.16. The number of nitrogens with one attached hydrogen (secondary N) is 1. The Labute approximate surface area is 93.5 Å². The van der Waals surface area contributed by atoms with Crippen molar-refractivity contribution in [2.24, 2.45) is 0 Å². The van der Waals surface area contributed by atoms with Crippen molar-refractivity contribution >= 4 is 27.7 Å². The number of hydrogen-bond acceptors (Lipinski definition) is 2. The first-order chi connectivity index (χ1) is 7.04. The van der Waals surface area contributed by atoms with E-state index in [1.54, 1.807) is 6.92 Å². The average molecular weight is 280 g/mol. The lowest BCUT2D eigenvalue weighted by Gasteiger charge is -2.06. The minimum Gasteiger partial charge on any atom is -0.450 e. The molecule has 1 aromatic rings. The molecule has 0 aliphatic rings. The number of carbonyl (C=O) groups is 1. The summed E-state index contributed by atoms with van der Waals surface area (Å²) in [7, 11) is 0. The third-order valence-corrected chi connectivity index (χ3v) is 2.13. The van der Waals surface area contributed by atoms with Crippen molar-refractivity contribution in [1.29, 1.82) is 0 Å². The first kappa shape index (κ1) is 11.9. The van der Waals surface area contributed by atoms with E-state index in [4.69, 9.17) is 0 Å². The number of anilines is 1. The molecule has 0 heterocycles. The fourth-order valence-corrected chi connectivity index (χ4v) is 1.21. The van der Waals surface area contributed by atoms with Crippen LogP contribution in [0.15, 0.2) is 16.6 Å². The third-order valence-electron chi connectivity index (χ3n) is 1.52. The van der Waals surface area contributed by atoms with Gasteiger partial charge in [0.1, 0.15) is 11.6 Å². The number of carbonyl (C=O) groups excluding carboxylic acids is 1. The van der Waals surface area contributed by atoms with E-state index in [0.717, 1.165) is 12.1 Å². The Kier molecular flexibility index (Phi) is 4.02. The molecule has 0 saturated heterocycles. The molecule has 0 fully saturated rings. The number of amides is 1. The predicted octanol–water partition coefficient (Wildman–Crippen LogP) is 3.30. The van der Waals surface area contributed by atoms with E-state index in [-0.39, 0.29) is 16.8 Å². The van der Waals surface area contributed by atoms with E-state index in [0.29, 0.717) is 0 Å². The van der Waals surface area contributed by atoms with E-state index in [9.17, 15) is 13.6 Å². The molecule has 6 heteroatoms. The van der Waals surface area contributed by atoms with Gasteiger partial charge in [-0.3, -0.25) is 5.32 Å². The molecule has 1 rings (SSSR count). The molecule has 15 heavy (non-hydrogen) atoms. The predicted molar refractivity (Wildman–Crippen MR) is 54.7 cm³/mol. The highest BCUT2D eigenvalue weighted by atomic mass is 79.9. The largest absolute Gasteiger partial charge is 0.450 e. The summed E-state index contributed by atoms with van der Waals surface area (Å²) in [4.78, 5) is 10.9. The monoisotopic (exact) mass is 279 g/mol. The van der Waals surface area contributed by atoms with Crippen LogP contribution in [-0.2, 0) is 4.74 Å². The van der Waals surface area contributed by atoms with E-state index in [1.807, 2.05) is 0 Å². The second-order valence-corrected chi connectivity index (χ2v) is 3.45. The molecule has 0 atom stereocenters. The van der Waals surface area contributed by atoms with Crippen molar-refractivity contribution in [2.75, 3.05) is 11.9 Å². The second-order valence-electron chi connectivity index (χ2n) is 2.59. The summed E-state index contributed by atoms with van der Waals surface area (Å²) in [5, 5.41) is 2.08. The molecule has 1 aromatic carbocycles. The summed E-state index contributed by atoms with van der Waals surface area (Å²) in [6, 6.07) is 1.80. The van der Waals surface area contributed by atoms with Crippen molar-refractivity contribution in [2.45, 2.75) is 6.92 Å². The van der Waals surface area contributed by atoms with Gasteiger partial charge in [0.2, 0.25) is 0 Å². The number of hydrogen-bond donors (Lipinski definition) is 1. The Bertz CT molecular complexity index is 385. The van der Waals surface area contributed by atoms with E-state index in [1.165, 1.54) is 0 Å². The molecule has 0 saturated carbocycles. The Balaban J connectivity index is 2.86. The van der Waals surface area contributed by atoms with Gasteiger partial charge in [0.05, 0.1) is 16.8 Å². The summed E-state index contributed by atoms with van der Waals surface area (Å²) in [5.41, 5.74) is -0.255. The summed E-state index contributed by atoms with van der Waals surface area (Å²) >= 11 is 2.82. The molecule has 0 radical (unpaired) electrons. The highest BCUT2D eigenvalue weighted by Crippen LogP contribution is 2.23. The lowest BCUT2D eigenvalue weighted by atomic mass is 10.3. The number of halogens is 3. The van der Waals surface area contributed by atoms with Crippen LogP contribution in [0, 0.1) is 11.6 Å². The van der Waals surface area contributed by atoms with Crippen LogP contribution in [0.3, 0.4) is 0 Å². The number of ether oxygens (including phenoxy) is 1. The maximum atomic E-state index is 13.2. The molecule has 3 nitrogen and oxygen atoms in total. The van der Waals surface area contributed by atoms with Crippen LogP contribution in [0.5, 0.6) is 0 Å². The van der Waals surface area contributed by atoms with Gasteiger partial charge < -0.3 is 4.74 Å². The van der Waals surface area contributed by atoms with Gasteiger partial charge >= 0.3 is 6.09 Å². The zero-order valence-corrected chi connectivity index (χ0v) is 9.40. The molecule has 0 aliphatic carbocycles. The fraction of sp³-hybridized carbons (Fsp3) is 0.222. The van der Waals surface area contributed by atoms with Crippen molar-refractivity contribution in [3.05, 3.63) is 28.2 Å². The van der Waals surface area contributed by atoms with E-state index in [2.05, 4.69) is 26.0 Å². The zero-order chi connectivity index (χ0) is 11.4. The summed E-state index contributed by atoms with van der Waals surface area (Å²) < 4.78 is 30.7. The van der Waals surface area contributed by atoms with Crippen LogP contribution in [0.2, 0.25) is 0 Å². The normalized spacial score (nSPS) is 9.87. The fourth-order valence-electron chi connectivity index (χ4n) is 0.895. The molecule has 0 unspecified atom stereocenters. The molecule has 1 N–H and O–H groups in total.